The Morgan fingerprint density at radius 3 is 2.68 bits per heavy atom. The fourth-order valence-corrected chi connectivity index (χ4v) is 1.94. The molecule has 0 heterocycles. The van der Waals surface area contributed by atoms with E-state index in [1.807, 2.05) is 12.1 Å². The topological polar surface area (TPSA) is 75.3 Å². The Hall–Kier alpha value is -1.91. The Morgan fingerprint density at radius 1 is 1.21 bits per heavy atom. The summed E-state index contributed by atoms with van der Waals surface area (Å²) in [6.45, 7) is 0.187. The highest BCUT2D eigenvalue weighted by atomic mass is 16.3. The van der Waals surface area contributed by atoms with Crippen molar-refractivity contribution in [1.29, 1.82) is 0 Å². The third kappa shape index (κ3) is 3.53. The van der Waals surface area contributed by atoms with Gasteiger partial charge in [-0.05, 0) is 22.8 Å². The molecule has 0 bridgehead atoms. The van der Waals surface area contributed by atoms with Gasteiger partial charge in [0.2, 0.25) is 5.91 Å². The summed E-state index contributed by atoms with van der Waals surface area (Å²) in [7, 11) is 0. The van der Waals surface area contributed by atoms with Gasteiger partial charge in [0.15, 0.2) is 0 Å². The van der Waals surface area contributed by atoms with Gasteiger partial charge < -0.3 is 16.2 Å². The molecule has 19 heavy (non-hydrogen) atoms. The molecule has 4 heteroatoms. The van der Waals surface area contributed by atoms with Gasteiger partial charge in [-0.2, -0.15) is 0 Å². The normalized spacial score (nSPS) is 12.3. The molecule has 4 N–H and O–H groups in total. The molecule has 1 atom stereocenters. The predicted octanol–water partition coefficient (Wildman–Crippen LogP) is 0.818. The number of nitrogens with one attached hydrogen (secondary N) is 1. The lowest BCUT2D eigenvalue weighted by molar-refractivity contribution is -0.123. The minimum atomic E-state index is -0.836. The van der Waals surface area contributed by atoms with Gasteiger partial charge in [0, 0.05) is 6.54 Å². The van der Waals surface area contributed by atoms with Crippen LogP contribution in [0.15, 0.2) is 42.5 Å². The summed E-state index contributed by atoms with van der Waals surface area (Å²) < 4.78 is 0. The highest BCUT2D eigenvalue weighted by Gasteiger charge is 2.10. The second-order valence-corrected chi connectivity index (χ2v) is 4.51. The molecule has 0 spiro atoms. The largest absolute Gasteiger partial charge is 0.394 e. The quantitative estimate of drug-likeness (QED) is 0.743. The molecular formula is C15H18N2O2. The number of rotatable bonds is 5. The highest BCUT2D eigenvalue weighted by Crippen LogP contribution is 2.15. The molecule has 0 saturated heterocycles. The van der Waals surface area contributed by atoms with Crippen LogP contribution >= 0.6 is 0 Å². The molecule has 0 radical (unpaired) electrons. The van der Waals surface area contributed by atoms with Crippen LogP contribution in [-0.4, -0.2) is 30.2 Å². The number of amides is 1. The van der Waals surface area contributed by atoms with Crippen LogP contribution in [0, 0.1) is 0 Å². The van der Waals surface area contributed by atoms with E-state index in [-0.39, 0.29) is 12.5 Å². The molecule has 2 aromatic rings. The summed E-state index contributed by atoms with van der Waals surface area (Å²) in [4.78, 5) is 11.4. The maximum atomic E-state index is 11.4. The molecule has 4 nitrogen and oxygen atoms in total. The number of benzene rings is 2. The molecule has 0 fully saturated rings. The first kappa shape index (κ1) is 13.5. The lowest BCUT2D eigenvalue weighted by Gasteiger charge is -2.09. The molecule has 2 rings (SSSR count). The van der Waals surface area contributed by atoms with Crippen LogP contribution in [0.5, 0.6) is 0 Å². The smallest absolute Gasteiger partial charge is 0.239 e. The molecule has 0 saturated carbocycles. The zero-order valence-corrected chi connectivity index (χ0v) is 10.7. The van der Waals surface area contributed by atoms with Gasteiger partial charge in [-0.15, -0.1) is 0 Å². The minimum absolute atomic E-state index is 0.316. The molecular weight excluding hydrogens is 240 g/mol. The van der Waals surface area contributed by atoms with Crippen LogP contribution < -0.4 is 11.1 Å². The molecule has 0 aromatic heterocycles. The summed E-state index contributed by atoms with van der Waals surface area (Å²) >= 11 is 0. The first-order valence-electron chi connectivity index (χ1n) is 6.32. The van der Waals surface area contributed by atoms with Crippen LogP contribution in [0.3, 0.4) is 0 Å². The average molecular weight is 258 g/mol. The van der Waals surface area contributed by atoms with E-state index in [0.29, 0.717) is 6.54 Å². The molecule has 0 aliphatic carbocycles. The van der Waals surface area contributed by atoms with E-state index in [4.69, 9.17) is 10.8 Å². The predicted molar refractivity (Wildman–Crippen MR) is 75.7 cm³/mol. The summed E-state index contributed by atoms with van der Waals surface area (Å²) in [6, 6.07) is 13.6. The summed E-state index contributed by atoms with van der Waals surface area (Å²) in [5, 5.41) is 13.9. The Kier molecular flexibility index (Phi) is 4.49. The van der Waals surface area contributed by atoms with E-state index in [1.54, 1.807) is 0 Å². The first-order valence-corrected chi connectivity index (χ1v) is 6.32. The van der Waals surface area contributed by atoms with Crippen LogP contribution in [0.2, 0.25) is 0 Å². The first-order chi connectivity index (χ1) is 9.20. The van der Waals surface area contributed by atoms with Gasteiger partial charge in [0.1, 0.15) is 6.04 Å². The highest BCUT2D eigenvalue weighted by molar-refractivity contribution is 5.83. The lowest BCUT2D eigenvalue weighted by atomic mass is 10.1. The van der Waals surface area contributed by atoms with Crippen molar-refractivity contribution in [2.45, 2.75) is 12.5 Å². The van der Waals surface area contributed by atoms with Crippen LogP contribution in [0.4, 0.5) is 0 Å². The Balaban J connectivity index is 1.93. The van der Waals surface area contributed by atoms with Crippen LogP contribution in [0.1, 0.15) is 5.56 Å². The lowest BCUT2D eigenvalue weighted by Crippen LogP contribution is -2.43. The number of fused-ring (bicyclic) bond motifs is 1. The third-order valence-electron chi connectivity index (χ3n) is 3.06. The molecule has 0 aliphatic rings. The van der Waals surface area contributed by atoms with E-state index in [9.17, 15) is 4.79 Å². The van der Waals surface area contributed by atoms with E-state index in [1.165, 1.54) is 10.8 Å². The van der Waals surface area contributed by atoms with E-state index in [0.717, 1.165) is 12.0 Å². The monoisotopic (exact) mass is 258 g/mol. The number of aliphatic hydroxyl groups is 1. The number of nitrogens with two attached hydrogens (primary N) is 1. The number of carbonyl (C=O) groups is 1. The fraction of sp³-hybridized carbons (Fsp3) is 0.267. The molecule has 1 unspecified atom stereocenters. The standard InChI is InChI=1S/C15H18N2O2/c16-14(10-18)15(19)17-8-7-11-5-6-12-3-1-2-4-13(12)9-11/h1-6,9,14,18H,7-8,10,16H2,(H,17,19). The average Bonchev–Trinajstić information content (AvgIpc) is 2.46. The maximum absolute atomic E-state index is 11.4. The van der Waals surface area contributed by atoms with E-state index in [2.05, 4.69) is 35.6 Å². The number of aliphatic hydroxyl groups excluding tert-OH is 1. The van der Waals surface area contributed by atoms with Crippen molar-refractivity contribution in [2.24, 2.45) is 5.73 Å². The molecule has 100 valence electrons. The molecule has 0 aliphatic heterocycles. The Labute approximate surface area is 112 Å². The van der Waals surface area contributed by atoms with E-state index >= 15 is 0 Å². The van der Waals surface area contributed by atoms with Gasteiger partial charge in [-0.3, -0.25) is 4.79 Å². The molecule has 1 amide bonds. The minimum Gasteiger partial charge on any atom is -0.394 e. The number of carbonyl (C=O) groups excluding carboxylic acids is 1. The summed E-state index contributed by atoms with van der Waals surface area (Å²) in [5.74, 6) is -0.316. The third-order valence-corrected chi connectivity index (χ3v) is 3.06. The fourth-order valence-electron chi connectivity index (χ4n) is 1.94. The second-order valence-electron chi connectivity index (χ2n) is 4.51. The zero-order valence-electron chi connectivity index (χ0n) is 10.7. The zero-order chi connectivity index (χ0) is 13.7. The van der Waals surface area contributed by atoms with Crippen LogP contribution in [-0.2, 0) is 11.2 Å². The van der Waals surface area contributed by atoms with Gasteiger partial charge in [0.05, 0.1) is 6.61 Å². The number of hydrogen-bond donors (Lipinski definition) is 3. The van der Waals surface area contributed by atoms with Crippen molar-refractivity contribution in [1.82, 2.24) is 5.32 Å². The van der Waals surface area contributed by atoms with Crippen molar-refractivity contribution in [3.05, 3.63) is 48.0 Å². The molecule has 2 aromatic carbocycles. The van der Waals surface area contributed by atoms with Crippen molar-refractivity contribution in [3.63, 3.8) is 0 Å². The maximum Gasteiger partial charge on any atom is 0.239 e. The van der Waals surface area contributed by atoms with Crippen LogP contribution in [0.25, 0.3) is 10.8 Å². The van der Waals surface area contributed by atoms with Gasteiger partial charge in [-0.25, -0.2) is 0 Å². The van der Waals surface area contributed by atoms with E-state index < -0.39 is 6.04 Å². The van der Waals surface area contributed by atoms with Crippen molar-refractivity contribution < 1.29 is 9.90 Å². The number of hydrogen-bond acceptors (Lipinski definition) is 3. The second kappa shape index (κ2) is 6.31. The van der Waals surface area contributed by atoms with Gasteiger partial charge >= 0.3 is 0 Å². The SMILES string of the molecule is NC(CO)C(=O)NCCc1ccc2ccccc2c1. The van der Waals surface area contributed by atoms with Crippen molar-refractivity contribution in [3.8, 4) is 0 Å². The van der Waals surface area contributed by atoms with Gasteiger partial charge in [-0.1, -0.05) is 42.5 Å². The van der Waals surface area contributed by atoms with Crippen molar-refractivity contribution in [2.75, 3.05) is 13.2 Å². The Bertz CT molecular complexity index is 569. The summed E-state index contributed by atoms with van der Waals surface area (Å²) in [5.41, 5.74) is 6.57. The van der Waals surface area contributed by atoms with Crippen molar-refractivity contribution >= 4 is 16.7 Å². The Morgan fingerprint density at radius 2 is 1.95 bits per heavy atom. The van der Waals surface area contributed by atoms with Gasteiger partial charge in [0.25, 0.3) is 0 Å². The summed E-state index contributed by atoms with van der Waals surface area (Å²) in [6.07, 6.45) is 0.745.